The van der Waals surface area contributed by atoms with Crippen molar-refractivity contribution in [3.63, 3.8) is 0 Å². The summed E-state index contributed by atoms with van der Waals surface area (Å²) in [6.07, 6.45) is 2.88. The molecule has 0 heterocycles. The van der Waals surface area contributed by atoms with E-state index >= 15 is 0 Å². The van der Waals surface area contributed by atoms with Gasteiger partial charge < -0.3 is 10.2 Å². The number of halogens is 2. The molecule has 20 heavy (non-hydrogen) atoms. The van der Waals surface area contributed by atoms with Gasteiger partial charge in [0.15, 0.2) is 0 Å². The number of carbonyl (C=O) groups is 2. The summed E-state index contributed by atoms with van der Waals surface area (Å²) in [7, 11) is 0. The summed E-state index contributed by atoms with van der Waals surface area (Å²) in [6, 6.07) is 2.57. The summed E-state index contributed by atoms with van der Waals surface area (Å²) in [6.45, 7) is 7.21. The fourth-order valence-corrected chi connectivity index (χ4v) is 1.46. The number of anilines is 1. The van der Waals surface area contributed by atoms with E-state index in [1.54, 1.807) is 0 Å². The summed E-state index contributed by atoms with van der Waals surface area (Å²) in [5, 5.41) is 2.03. The molecule has 0 unspecified atom stereocenters. The molecule has 6 heteroatoms. The van der Waals surface area contributed by atoms with Gasteiger partial charge in [-0.2, -0.15) is 0 Å². The molecule has 0 bridgehead atoms. The Bertz CT molecular complexity index is 534. The molecule has 0 fully saturated rings. The van der Waals surface area contributed by atoms with Crippen molar-refractivity contribution in [1.82, 2.24) is 4.90 Å². The highest BCUT2D eigenvalue weighted by Gasteiger charge is 2.21. The van der Waals surface area contributed by atoms with Crippen molar-refractivity contribution in [1.29, 1.82) is 0 Å². The first-order valence-electron chi connectivity index (χ1n) is 5.76. The molecular weight excluding hydrogens is 266 g/mol. The molecule has 4 nitrogen and oxygen atoms in total. The van der Waals surface area contributed by atoms with Crippen LogP contribution in [0, 0.1) is 11.6 Å². The highest BCUT2D eigenvalue weighted by atomic mass is 19.1. The van der Waals surface area contributed by atoms with E-state index in [1.807, 2.05) is 5.32 Å². The third kappa shape index (κ3) is 4.01. The summed E-state index contributed by atoms with van der Waals surface area (Å²) >= 11 is 0. The molecule has 0 atom stereocenters. The molecule has 0 aliphatic carbocycles. The number of nitrogens with zero attached hydrogens (tertiary/aromatic N) is 1. The summed E-state index contributed by atoms with van der Waals surface area (Å²) < 4.78 is 26.3. The van der Waals surface area contributed by atoms with Gasteiger partial charge in [-0.05, 0) is 12.1 Å². The van der Waals surface area contributed by atoms with Crippen LogP contribution in [-0.2, 0) is 9.59 Å². The van der Waals surface area contributed by atoms with E-state index in [0.717, 1.165) is 23.1 Å². The number of hydrogen-bond donors (Lipinski definition) is 1. The van der Waals surface area contributed by atoms with Crippen LogP contribution in [0.5, 0.6) is 0 Å². The molecule has 2 amide bonds. The monoisotopic (exact) mass is 280 g/mol. The maximum absolute atomic E-state index is 13.4. The molecule has 0 aliphatic rings. The second kappa shape index (κ2) is 7.18. The van der Waals surface area contributed by atoms with Gasteiger partial charge in [-0.1, -0.05) is 12.2 Å². The fourth-order valence-electron chi connectivity index (χ4n) is 1.46. The molecule has 0 radical (unpaired) electrons. The van der Waals surface area contributed by atoms with Crippen molar-refractivity contribution in [3.8, 4) is 0 Å². The van der Waals surface area contributed by atoms with Crippen molar-refractivity contribution in [2.45, 2.75) is 0 Å². The SMILES string of the molecule is C=CCN(CC=C)C(=O)C(=O)Nc1cc(F)ccc1F. The topological polar surface area (TPSA) is 49.4 Å². The Morgan fingerprint density at radius 2 is 1.80 bits per heavy atom. The molecule has 0 saturated heterocycles. The average Bonchev–Trinajstić information content (AvgIpc) is 2.41. The maximum Gasteiger partial charge on any atom is 0.314 e. The lowest BCUT2D eigenvalue weighted by molar-refractivity contribution is -0.142. The molecule has 0 saturated carbocycles. The fraction of sp³-hybridized carbons (Fsp3) is 0.143. The Hall–Kier alpha value is -2.50. The Balaban J connectivity index is 2.83. The normalized spacial score (nSPS) is 9.70. The van der Waals surface area contributed by atoms with E-state index in [2.05, 4.69) is 13.2 Å². The average molecular weight is 280 g/mol. The largest absolute Gasteiger partial charge is 0.327 e. The van der Waals surface area contributed by atoms with Crippen molar-refractivity contribution >= 4 is 17.5 Å². The first-order valence-corrected chi connectivity index (χ1v) is 5.76. The van der Waals surface area contributed by atoms with Crippen LogP contribution in [-0.4, -0.2) is 29.8 Å². The second-order valence-corrected chi connectivity index (χ2v) is 3.87. The van der Waals surface area contributed by atoms with Crippen molar-refractivity contribution in [2.75, 3.05) is 18.4 Å². The van der Waals surface area contributed by atoms with E-state index < -0.39 is 23.4 Å². The molecule has 0 aliphatic heterocycles. The molecule has 106 valence electrons. The van der Waals surface area contributed by atoms with Gasteiger partial charge in [0.25, 0.3) is 0 Å². The number of carbonyl (C=O) groups excluding carboxylic acids is 2. The lowest BCUT2D eigenvalue weighted by Gasteiger charge is -2.18. The standard InChI is InChI=1S/C14H14F2N2O2/c1-3-7-18(8-4-2)14(20)13(19)17-12-9-10(15)5-6-11(12)16/h3-6,9H,1-2,7-8H2,(H,17,19). The molecule has 1 aromatic carbocycles. The lowest BCUT2D eigenvalue weighted by atomic mass is 10.3. The third-order valence-corrected chi connectivity index (χ3v) is 2.36. The van der Waals surface area contributed by atoms with Crippen molar-refractivity contribution < 1.29 is 18.4 Å². The Morgan fingerprint density at radius 1 is 1.20 bits per heavy atom. The van der Waals surface area contributed by atoms with Gasteiger partial charge >= 0.3 is 11.8 Å². The number of rotatable bonds is 5. The van der Waals surface area contributed by atoms with Crippen LogP contribution in [0.3, 0.4) is 0 Å². The number of benzene rings is 1. The summed E-state index contributed by atoms with van der Waals surface area (Å²) in [4.78, 5) is 24.7. The van der Waals surface area contributed by atoms with Crippen LogP contribution < -0.4 is 5.32 Å². The molecule has 1 rings (SSSR count). The van der Waals surface area contributed by atoms with Gasteiger partial charge in [-0.3, -0.25) is 9.59 Å². The minimum absolute atomic E-state index is 0.143. The Kier molecular flexibility index (Phi) is 5.58. The highest BCUT2D eigenvalue weighted by molar-refractivity contribution is 6.39. The van der Waals surface area contributed by atoms with Gasteiger partial charge in [0.2, 0.25) is 0 Å². The zero-order chi connectivity index (χ0) is 15.1. The maximum atomic E-state index is 13.4. The quantitative estimate of drug-likeness (QED) is 0.663. The van der Waals surface area contributed by atoms with E-state index in [4.69, 9.17) is 0 Å². The van der Waals surface area contributed by atoms with Gasteiger partial charge in [0.05, 0.1) is 5.69 Å². The van der Waals surface area contributed by atoms with Crippen LogP contribution in [0.25, 0.3) is 0 Å². The summed E-state index contributed by atoms with van der Waals surface area (Å²) in [5.41, 5.74) is -0.388. The second-order valence-electron chi connectivity index (χ2n) is 3.87. The van der Waals surface area contributed by atoms with Gasteiger partial charge in [0, 0.05) is 19.2 Å². The highest BCUT2D eigenvalue weighted by Crippen LogP contribution is 2.15. The van der Waals surface area contributed by atoms with Crippen molar-refractivity contribution in [3.05, 3.63) is 55.1 Å². The zero-order valence-electron chi connectivity index (χ0n) is 10.7. The van der Waals surface area contributed by atoms with Gasteiger partial charge in [-0.15, -0.1) is 13.2 Å². The molecule has 0 aromatic heterocycles. The first kappa shape index (κ1) is 15.6. The van der Waals surface area contributed by atoms with Crippen LogP contribution >= 0.6 is 0 Å². The van der Waals surface area contributed by atoms with E-state index in [9.17, 15) is 18.4 Å². The zero-order valence-corrected chi connectivity index (χ0v) is 10.7. The van der Waals surface area contributed by atoms with Crippen LogP contribution in [0.2, 0.25) is 0 Å². The Labute approximate surface area is 115 Å². The predicted octanol–water partition coefficient (Wildman–Crippen LogP) is 2.10. The number of nitrogens with one attached hydrogen (secondary N) is 1. The van der Waals surface area contributed by atoms with Gasteiger partial charge in [-0.25, -0.2) is 8.78 Å². The summed E-state index contributed by atoms with van der Waals surface area (Å²) in [5.74, 6) is -3.48. The minimum Gasteiger partial charge on any atom is -0.327 e. The first-order chi connectivity index (χ1) is 9.49. The smallest absolute Gasteiger partial charge is 0.314 e. The van der Waals surface area contributed by atoms with E-state index in [-0.39, 0.29) is 18.8 Å². The number of amides is 2. The number of hydrogen-bond acceptors (Lipinski definition) is 2. The predicted molar refractivity (Wildman–Crippen MR) is 72.0 cm³/mol. The third-order valence-electron chi connectivity index (χ3n) is 2.36. The van der Waals surface area contributed by atoms with E-state index in [1.165, 1.54) is 12.2 Å². The lowest BCUT2D eigenvalue weighted by Crippen LogP contribution is -2.40. The van der Waals surface area contributed by atoms with Crippen LogP contribution in [0.15, 0.2) is 43.5 Å². The van der Waals surface area contributed by atoms with E-state index in [0.29, 0.717) is 0 Å². The van der Waals surface area contributed by atoms with Crippen molar-refractivity contribution in [2.24, 2.45) is 0 Å². The molecule has 1 N–H and O–H groups in total. The molecular formula is C14H14F2N2O2. The minimum atomic E-state index is -1.06. The molecule has 1 aromatic rings. The van der Waals surface area contributed by atoms with Crippen LogP contribution in [0.4, 0.5) is 14.5 Å². The van der Waals surface area contributed by atoms with Crippen LogP contribution in [0.1, 0.15) is 0 Å². The van der Waals surface area contributed by atoms with Gasteiger partial charge in [0.1, 0.15) is 11.6 Å². The molecule has 0 spiro atoms. The Morgan fingerprint density at radius 3 is 2.35 bits per heavy atom.